The van der Waals surface area contributed by atoms with Crippen molar-refractivity contribution in [2.45, 2.75) is 44.2 Å². The first-order valence-corrected chi connectivity index (χ1v) is 9.28. The zero-order valence-corrected chi connectivity index (χ0v) is 14.0. The number of halogens is 1. The monoisotopic (exact) mass is 317 g/mol. The van der Waals surface area contributed by atoms with Crippen LogP contribution in [0.2, 0.25) is 0 Å². The summed E-state index contributed by atoms with van der Waals surface area (Å²) in [7, 11) is 0. The lowest BCUT2D eigenvalue weighted by molar-refractivity contribution is 0.0419. The molecular formula is C19H28FN3. The first kappa shape index (κ1) is 15.4. The SMILES string of the molecule is Fc1ccc(N2CCN([C@@H]3CCCN(C4CCC4)C3)CC2)cc1. The number of anilines is 1. The van der Waals surface area contributed by atoms with Crippen molar-refractivity contribution in [2.24, 2.45) is 0 Å². The van der Waals surface area contributed by atoms with E-state index in [0.717, 1.165) is 44.0 Å². The molecule has 0 amide bonds. The number of hydrogen-bond donors (Lipinski definition) is 0. The summed E-state index contributed by atoms with van der Waals surface area (Å²) in [4.78, 5) is 7.84. The van der Waals surface area contributed by atoms with Crippen LogP contribution >= 0.6 is 0 Å². The number of piperazine rings is 1. The zero-order chi connectivity index (χ0) is 15.6. The molecule has 4 heteroatoms. The summed E-state index contributed by atoms with van der Waals surface area (Å²) < 4.78 is 13.1. The van der Waals surface area contributed by atoms with E-state index in [1.165, 1.54) is 45.2 Å². The van der Waals surface area contributed by atoms with E-state index in [0.29, 0.717) is 0 Å². The molecule has 3 nitrogen and oxygen atoms in total. The van der Waals surface area contributed by atoms with E-state index in [1.54, 1.807) is 12.1 Å². The summed E-state index contributed by atoms with van der Waals surface area (Å²) >= 11 is 0. The maximum absolute atomic E-state index is 13.1. The minimum absolute atomic E-state index is 0.148. The van der Waals surface area contributed by atoms with Crippen LogP contribution in [0, 0.1) is 5.82 Å². The molecule has 2 saturated heterocycles. The van der Waals surface area contributed by atoms with Gasteiger partial charge in [0.2, 0.25) is 0 Å². The van der Waals surface area contributed by atoms with Crippen molar-refractivity contribution in [1.82, 2.24) is 9.80 Å². The predicted molar refractivity (Wildman–Crippen MR) is 92.4 cm³/mol. The van der Waals surface area contributed by atoms with Crippen molar-refractivity contribution in [3.63, 3.8) is 0 Å². The Bertz CT molecular complexity index is 506. The molecule has 1 saturated carbocycles. The molecule has 0 aromatic heterocycles. The standard InChI is InChI=1S/C19H28FN3/c20-16-6-8-18(9-7-16)21-11-13-22(14-12-21)19-5-2-10-23(15-19)17-3-1-4-17/h6-9,17,19H,1-5,10-15H2/t19-/m1/s1. The molecule has 1 atom stereocenters. The fraction of sp³-hybridized carbons (Fsp3) is 0.684. The van der Waals surface area contributed by atoms with Crippen molar-refractivity contribution in [3.05, 3.63) is 30.1 Å². The highest BCUT2D eigenvalue weighted by molar-refractivity contribution is 5.46. The minimum atomic E-state index is -0.148. The van der Waals surface area contributed by atoms with Crippen LogP contribution in [0.4, 0.5) is 10.1 Å². The molecule has 0 N–H and O–H groups in total. The van der Waals surface area contributed by atoms with E-state index in [1.807, 2.05) is 12.1 Å². The van der Waals surface area contributed by atoms with Crippen LogP contribution in [0.1, 0.15) is 32.1 Å². The summed E-state index contributed by atoms with van der Waals surface area (Å²) in [6.07, 6.45) is 7.00. The van der Waals surface area contributed by atoms with Gasteiger partial charge >= 0.3 is 0 Å². The fourth-order valence-electron chi connectivity index (χ4n) is 4.36. The molecular weight excluding hydrogens is 289 g/mol. The Morgan fingerprint density at radius 2 is 1.43 bits per heavy atom. The van der Waals surface area contributed by atoms with Crippen molar-refractivity contribution >= 4 is 5.69 Å². The number of nitrogens with zero attached hydrogens (tertiary/aromatic N) is 3. The van der Waals surface area contributed by atoms with Gasteiger partial charge < -0.3 is 4.90 Å². The van der Waals surface area contributed by atoms with Gasteiger partial charge in [-0.05, 0) is 56.5 Å². The normalized spacial score (nSPS) is 27.9. The van der Waals surface area contributed by atoms with Crippen molar-refractivity contribution in [1.29, 1.82) is 0 Å². The first-order valence-electron chi connectivity index (χ1n) is 9.28. The van der Waals surface area contributed by atoms with Crippen LogP contribution in [0.3, 0.4) is 0 Å². The second-order valence-electron chi connectivity index (χ2n) is 7.38. The largest absolute Gasteiger partial charge is 0.369 e. The highest BCUT2D eigenvalue weighted by Crippen LogP contribution is 2.29. The smallest absolute Gasteiger partial charge is 0.123 e. The lowest BCUT2D eigenvalue weighted by Gasteiger charge is -2.47. The maximum Gasteiger partial charge on any atom is 0.123 e. The molecule has 23 heavy (non-hydrogen) atoms. The van der Waals surface area contributed by atoms with Crippen LogP contribution < -0.4 is 4.90 Å². The zero-order valence-electron chi connectivity index (χ0n) is 14.0. The molecule has 4 rings (SSSR count). The molecule has 1 aromatic carbocycles. The average Bonchev–Trinajstić information content (AvgIpc) is 2.55. The molecule has 0 bridgehead atoms. The van der Waals surface area contributed by atoms with Crippen LogP contribution in [0.5, 0.6) is 0 Å². The van der Waals surface area contributed by atoms with Gasteiger partial charge in [-0.25, -0.2) is 4.39 Å². The highest BCUT2D eigenvalue weighted by atomic mass is 19.1. The van der Waals surface area contributed by atoms with E-state index < -0.39 is 0 Å². The Morgan fingerprint density at radius 3 is 2.09 bits per heavy atom. The van der Waals surface area contributed by atoms with E-state index in [2.05, 4.69) is 14.7 Å². The van der Waals surface area contributed by atoms with Crippen LogP contribution in [0.25, 0.3) is 0 Å². The van der Waals surface area contributed by atoms with Crippen LogP contribution in [0.15, 0.2) is 24.3 Å². The second kappa shape index (κ2) is 6.78. The Labute approximate surface area is 139 Å². The summed E-state index contributed by atoms with van der Waals surface area (Å²) in [6.45, 7) is 7.00. The quantitative estimate of drug-likeness (QED) is 0.848. The third-order valence-corrected chi connectivity index (χ3v) is 6.04. The lowest BCUT2D eigenvalue weighted by atomic mass is 9.89. The maximum atomic E-state index is 13.1. The van der Waals surface area contributed by atoms with Crippen LogP contribution in [-0.2, 0) is 0 Å². The highest BCUT2D eigenvalue weighted by Gasteiger charge is 2.32. The van der Waals surface area contributed by atoms with Crippen molar-refractivity contribution < 1.29 is 4.39 Å². The molecule has 2 heterocycles. The van der Waals surface area contributed by atoms with Gasteiger partial charge in [0.25, 0.3) is 0 Å². The molecule has 0 radical (unpaired) electrons. The van der Waals surface area contributed by atoms with Gasteiger partial charge in [-0.2, -0.15) is 0 Å². The number of piperidine rings is 1. The summed E-state index contributed by atoms with van der Waals surface area (Å²) in [5.74, 6) is -0.148. The first-order chi connectivity index (χ1) is 11.3. The minimum Gasteiger partial charge on any atom is -0.369 e. The van der Waals surface area contributed by atoms with E-state index in [-0.39, 0.29) is 5.82 Å². The summed E-state index contributed by atoms with van der Waals surface area (Å²) in [6, 6.07) is 8.59. The van der Waals surface area contributed by atoms with E-state index in [9.17, 15) is 4.39 Å². The number of rotatable bonds is 3. The number of likely N-dealkylation sites (tertiary alicyclic amines) is 1. The topological polar surface area (TPSA) is 9.72 Å². The lowest BCUT2D eigenvalue weighted by Crippen LogP contribution is -2.57. The van der Waals surface area contributed by atoms with Crippen molar-refractivity contribution in [3.8, 4) is 0 Å². The Kier molecular flexibility index (Phi) is 4.54. The average molecular weight is 317 g/mol. The third-order valence-electron chi connectivity index (χ3n) is 6.04. The van der Waals surface area contributed by atoms with Crippen LogP contribution in [-0.4, -0.2) is 61.2 Å². The molecule has 3 aliphatic rings. The summed E-state index contributed by atoms with van der Waals surface area (Å²) in [5, 5.41) is 0. The van der Waals surface area contributed by atoms with Gasteiger partial charge in [-0.3, -0.25) is 9.80 Å². The predicted octanol–water partition coefficient (Wildman–Crippen LogP) is 2.96. The molecule has 1 aromatic rings. The van der Waals surface area contributed by atoms with Gasteiger partial charge in [0.1, 0.15) is 5.82 Å². The Balaban J connectivity index is 1.31. The number of hydrogen-bond acceptors (Lipinski definition) is 3. The van der Waals surface area contributed by atoms with E-state index >= 15 is 0 Å². The van der Waals surface area contributed by atoms with Gasteiger partial charge in [-0.15, -0.1) is 0 Å². The summed E-state index contributed by atoms with van der Waals surface area (Å²) in [5.41, 5.74) is 1.16. The van der Waals surface area contributed by atoms with Gasteiger partial charge in [0.15, 0.2) is 0 Å². The van der Waals surface area contributed by atoms with Gasteiger partial charge in [-0.1, -0.05) is 6.42 Å². The fourth-order valence-corrected chi connectivity index (χ4v) is 4.36. The molecule has 2 aliphatic heterocycles. The molecule has 3 fully saturated rings. The van der Waals surface area contributed by atoms with E-state index in [4.69, 9.17) is 0 Å². The molecule has 1 aliphatic carbocycles. The Hall–Kier alpha value is -1.13. The van der Waals surface area contributed by atoms with Gasteiger partial charge in [0.05, 0.1) is 0 Å². The molecule has 126 valence electrons. The molecule has 0 unspecified atom stereocenters. The molecule has 0 spiro atoms. The number of benzene rings is 1. The van der Waals surface area contributed by atoms with Gasteiger partial charge in [0, 0.05) is 50.5 Å². The van der Waals surface area contributed by atoms with Crippen molar-refractivity contribution in [2.75, 3.05) is 44.2 Å². The second-order valence-corrected chi connectivity index (χ2v) is 7.38. The third kappa shape index (κ3) is 3.38. The Morgan fingerprint density at radius 1 is 0.739 bits per heavy atom.